The molecule has 1 heterocycles. The number of halogens is 1. The number of likely N-dealkylation sites (tertiary alicyclic amines) is 1. The molecule has 1 aliphatic heterocycles. The second-order valence-corrected chi connectivity index (χ2v) is 7.08. The summed E-state index contributed by atoms with van der Waals surface area (Å²) in [5, 5.41) is -1.14. The highest BCUT2D eigenvalue weighted by Gasteiger charge is 2.38. The number of nitrogens with zero attached hydrogens (tertiary/aromatic N) is 1. The number of carbonyl (C=O) groups is 1. The molecule has 2 aliphatic rings. The van der Waals surface area contributed by atoms with Crippen LogP contribution in [-0.2, 0) is 15.0 Å². The fourth-order valence-corrected chi connectivity index (χ4v) is 3.66. The Morgan fingerprint density at radius 1 is 1.17 bits per heavy atom. The van der Waals surface area contributed by atoms with E-state index in [1.165, 1.54) is 30.6 Å². The van der Waals surface area contributed by atoms with Crippen LogP contribution in [0.25, 0.3) is 0 Å². The maximum atomic E-state index is 12.9. The van der Waals surface area contributed by atoms with E-state index in [0.717, 1.165) is 12.8 Å². The van der Waals surface area contributed by atoms with E-state index in [1.54, 1.807) is 0 Å². The molecule has 0 bridgehead atoms. The quantitative estimate of drug-likeness (QED) is 0.584. The molecule has 1 saturated carbocycles. The molecular weight excluding hydrogens is 257 g/mol. The highest BCUT2D eigenvalue weighted by Crippen LogP contribution is 2.26. The third-order valence-corrected chi connectivity index (χ3v) is 5.14. The molecule has 0 spiro atoms. The maximum Gasteiger partial charge on any atom is 0.307 e. The molecule has 0 aromatic carbocycles. The Bertz CT molecular complexity index is 402. The van der Waals surface area contributed by atoms with Crippen molar-refractivity contribution in [2.24, 2.45) is 5.92 Å². The van der Waals surface area contributed by atoms with Gasteiger partial charge in [-0.05, 0) is 18.8 Å². The standard InChI is InChI=1S/C12H20FNO3S/c13-18(16,17)11-7-12(15)14(9-11)8-10-5-3-1-2-4-6-10/h10-11H,1-9H2. The minimum Gasteiger partial charge on any atom is -0.341 e. The van der Waals surface area contributed by atoms with Gasteiger partial charge < -0.3 is 4.90 Å². The monoisotopic (exact) mass is 277 g/mol. The third kappa shape index (κ3) is 3.43. The first-order chi connectivity index (χ1) is 8.47. The van der Waals surface area contributed by atoms with Crippen molar-refractivity contribution in [2.75, 3.05) is 13.1 Å². The summed E-state index contributed by atoms with van der Waals surface area (Å²) >= 11 is 0. The fourth-order valence-electron chi connectivity index (χ4n) is 2.96. The number of hydrogen-bond donors (Lipinski definition) is 0. The molecule has 18 heavy (non-hydrogen) atoms. The minimum absolute atomic E-state index is 0.0359. The van der Waals surface area contributed by atoms with Crippen LogP contribution in [0.5, 0.6) is 0 Å². The van der Waals surface area contributed by atoms with Gasteiger partial charge in [-0.15, -0.1) is 3.89 Å². The van der Waals surface area contributed by atoms with Gasteiger partial charge in [-0.1, -0.05) is 25.7 Å². The van der Waals surface area contributed by atoms with Crippen LogP contribution in [0.4, 0.5) is 3.89 Å². The van der Waals surface area contributed by atoms with Crippen molar-refractivity contribution in [1.29, 1.82) is 0 Å². The molecule has 1 aliphatic carbocycles. The van der Waals surface area contributed by atoms with Crippen molar-refractivity contribution >= 4 is 16.1 Å². The van der Waals surface area contributed by atoms with E-state index in [0.29, 0.717) is 12.5 Å². The van der Waals surface area contributed by atoms with E-state index >= 15 is 0 Å². The van der Waals surface area contributed by atoms with Crippen LogP contribution in [0.3, 0.4) is 0 Å². The Morgan fingerprint density at radius 2 is 1.78 bits per heavy atom. The van der Waals surface area contributed by atoms with Crippen LogP contribution < -0.4 is 0 Å². The average Bonchev–Trinajstić information content (AvgIpc) is 2.51. The summed E-state index contributed by atoms with van der Waals surface area (Å²) in [5.41, 5.74) is 0. The van der Waals surface area contributed by atoms with Crippen molar-refractivity contribution in [3.05, 3.63) is 0 Å². The molecule has 1 amide bonds. The van der Waals surface area contributed by atoms with E-state index in [-0.39, 0.29) is 18.9 Å². The summed E-state index contributed by atoms with van der Waals surface area (Å²) in [7, 11) is -4.58. The lowest BCUT2D eigenvalue weighted by Gasteiger charge is -2.22. The predicted octanol–water partition coefficient (Wildman–Crippen LogP) is 1.86. The number of rotatable bonds is 3. The Morgan fingerprint density at radius 3 is 2.28 bits per heavy atom. The largest absolute Gasteiger partial charge is 0.341 e. The molecule has 1 saturated heterocycles. The van der Waals surface area contributed by atoms with Crippen molar-refractivity contribution in [3.8, 4) is 0 Å². The first-order valence-electron chi connectivity index (χ1n) is 6.68. The van der Waals surface area contributed by atoms with Crippen LogP contribution in [0.2, 0.25) is 0 Å². The first-order valence-corrected chi connectivity index (χ1v) is 8.12. The van der Waals surface area contributed by atoms with Gasteiger partial charge in [0, 0.05) is 19.5 Å². The average molecular weight is 277 g/mol. The van der Waals surface area contributed by atoms with Gasteiger partial charge in [0.2, 0.25) is 5.91 Å². The number of hydrogen-bond acceptors (Lipinski definition) is 3. The Kier molecular flexibility index (Phi) is 4.25. The topological polar surface area (TPSA) is 54.5 Å². The smallest absolute Gasteiger partial charge is 0.307 e. The fraction of sp³-hybridized carbons (Fsp3) is 0.917. The lowest BCUT2D eigenvalue weighted by atomic mass is 10.00. The van der Waals surface area contributed by atoms with Crippen molar-refractivity contribution < 1.29 is 17.1 Å². The van der Waals surface area contributed by atoms with Crippen LogP contribution in [0.1, 0.15) is 44.9 Å². The van der Waals surface area contributed by atoms with E-state index in [4.69, 9.17) is 0 Å². The molecule has 0 aromatic heterocycles. The lowest BCUT2D eigenvalue weighted by molar-refractivity contribution is -0.128. The minimum atomic E-state index is -4.58. The Hall–Kier alpha value is -0.650. The molecule has 1 unspecified atom stereocenters. The lowest BCUT2D eigenvalue weighted by Crippen LogP contribution is -2.32. The molecule has 2 fully saturated rings. The van der Waals surface area contributed by atoms with Crippen LogP contribution in [0, 0.1) is 5.92 Å². The molecule has 0 radical (unpaired) electrons. The van der Waals surface area contributed by atoms with E-state index in [2.05, 4.69) is 0 Å². The second-order valence-electron chi connectivity index (χ2n) is 5.46. The predicted molar refractivity (Wildman–Crippen MR) is 66.2 cm³/mol. The van der Waals surface area contributed by atoms with Crippen molar-refractivity contribution in [3.63, 3.8) is 0 Å². The summed E-state index contributed by atoms with van der Waals surface area (Å²) in [5.74, 6) is 0.239. The second kappa shape index (κ2) is 5.55. The summed E-state index contributed by atoms with van der Waals surface area (Å²) < 4.78 is 34.5. The molecule has 0 N–H and O–H groups in total. The van der Waals surface area contributed by atoms with Crippen molar-refractivity contribution in [2.45, 2.75) is 50.2 Å². The zero-order valence-electron chi connectivity index (χ0n) is 10.5. The van der Waals surface area contributed by atoms with Gasteiger partial charge in [-0.25, -0.2) is 0 Å². The molecule has 104 valence electrons. The van der Waals surface area contributed by atoms with Gasteiger partial charge in [0.15, 0.2) is 0 Å². The molecular formula is C12H20FNO3S. The van der Waals surface area contributed by atoms with E-state index < -0.39 is 15.5 Å². The van der Waals surface area contributed by atoms with Gasteiger partial charge >= 0.3 is 10.2 Å². The summed E-state index contributed by atoms with van der Waals surface area (Å²) in [6.45, 7) is 0.638. The Labute approximate surface area is 108 Å². The SMILES string of the molecule is O=C1CC(S(=O)(=O)F)CN1CC1CCCCCC1. The number of carbonyl (C=O) groups excluding carboxylic acids is 1. The molecule has 4 nitrogen and oxygen atoms in total. The third-order valence-electron chi connectivity index (χ3n) is 4.03. The van der Waals surface area contributed by atoms with Crippen molar-refractivity contribution in [1.82, 2.24) is 4.90 Å². The van der Waals surface area contributed by atoms with E-state index in [9.17, 15) is 17.1 Å². The van der Waals surface area contributed by atoms with Gasteiger partial charge in [-0.3, -0.25) is 4.79 Å². The van der Waals surface area contributed by atoms with E-state index in [1.807, 2.05) is 0 Å². The van der Waals surface area contributed by atoms with Gasteiger partial charge in [0.05, 0.1) is 0 Å². The number of amides is 1. The van der Waals surface area contributed by atoms with Crippen LogP contribution >= 0.6 is 0 Å². The molecule has 1 atom stereocenters. The Balaban J connectivity index is 1.91. The van der Waals surface area contributed by atoms with Crippen LogP contribution in [-0.4, -0.2) is 37.6 Å². The zero-order chi connectivity index (χ0) is 13.2. The first kappa shape index (κ1) is 13.8. The maximum absolute atomic E-state index is 12.9. The van der Waals surface area contributed by atoms with Crippen LogP contribution in [0.15, 0.2) is 0 Å². The van der Waals surface area contributed by atoms with Gasteiger partial charge in [0.1, 0.15) is 5.25 Å². The molecule has 2 rings (SSSR count). The van der Waals surface area contributed by atoms with Gasteiger partial charge in [-0.2, -0.15) is 8.42 Å². The zero-order valence-corrected chi connectivity index (χ0v) is 11.3. The highest BCUT2D eigenvalue weighted by atomic mass is 32.3. The molecule has 0 aromatic rings. The summed E-state index contributed by atoms with van der Waals surface area (Å²) in [6, 6.07) is 0. The normalized spacial score (nSPS) is 27.5. The highest BCUT2D eigenvalue weighted by molar-refractivity contribution is 7.87. The van der Waals surface area contributed by atoms with Gasteiger partial charge in [0.25, 0.3) is 0 Å². The summed E-state index contributed by atoms with van der Waals surface area (Å²) in [6.07, 6.45) is 6.84. The molecule has 6 heteroatoms. The summed E-state index contributed by atoms with van der Waals surface area (Å²) in [4.78, 5) is 13.2.